The smallest absolute Gasteiger partial charge is 0.341 e. The van der Waals surface area contributed by atoms with Gasteiger partial charge >= 0.3 is 11.9 Å². The minimum absolute atomic E-state index is 0.121. The number of hydrogen-bond acceptors (Lipinski definition) is 6. The Morgan fingerprint density at radius 1 is 1.06 bits per heavy atom. The molecule has 0 bridgehead atoms. The molecule has 0 spiro atoms. The number of hydrogen-bond donors (Lipinski definition) is 1. The molecule has 0 aliphatic rings. The zero-order valence-electron chi connectivity index (χ0n) is 18.9. The first-order valence-corrected chi connectivity index (χ1v) is 10.9. The maximum absolute atomic E-state index is 12.0. The van der Waals surface area contributed by atoms with E-state index in [9.17, 15) is 14.7 Å². The van der Waals surface area contributed by atoms with Crippen molar-refractivity contribution in [1.82, 2.24) is 9.78 Å². The van der Waals surface area contributed by atoms with Gasteiger partial charge < -0.3 is 19.5 Å². The number of nitrogens with zero attached hydrogens (tertiary/aromatic N) is 3. The molecule has 0 amide bonds. The lowest BCUT2D eigenvalue weighted by atomic mass is 10.1. The summed E-state index contributed by atoms with van der Waals surface area (Å²) in [4.78, 5) is 25.8. The first-order chi connectivity index (χ1) is 16.0. The van der Waals surface area contributed by atoms with Crippen LogP contribution in [0.5, 0.6) is 5.75 Å². The first-order valence-electron chi connectivity index (χ1n) is 10.9. The molecular weight excluding hydrogens is 422 g/mol. The Balaban J connectivity index is 1.90. The molecule has 0 saturated heterocycles. The molecule has 8 heteroatoms. The lowest BCUT2D eigenvalue weighted by Gasteiger charge is -2.26. The number of aromatic carboxylic acids is 1. The van der Waals surface area contributed by atoms with Gasteiger partial charge in [-0.05, 0) is 36.6 Å². The van der Waals surface area contributed by atoms with E-state index in [-0.39, 0.29) is 18.0 Å². The molecule has 33 heavy (non-hydrogen) atoms. The highest BCUT2D eigenvalue weighted by Gasteiger charge is 2.23. The van der Waals surface area contributed by atoms with Crippen LogP contribution in [0.15, 0.2) is 60.8 Å². The van der Waals surface area contributed by atoms with Crippen LogP contribution >= 0.6 is 0 Å². The van der Waals surface area contributed by atoms with Crippen molar-refractivity contribution in [1.29, 1.82) is 0 Å². The summed E-state index contributed by atoms with van der Waals surface area (Å²) in [6, 6.07) is 17.4. The predicted molar refractivity (Wildman–Crippen MR) is 125 cm³/mol. The molecule has 0 aliphatic carbocycles. The third-order valence-electron chi connectivity index (χ3n) is 5.16. The average Bonchev–Trinajstić information content (AvgIpc) is 3.23. The Labute approximate surface area is 193 Å². The molecule has 3 rings (SSSR count). The molecule has 1 heterocycles. The van der Waals surface area contributed by atoms with Crippen molar-refractivity contribution in [2.75, 3.05) is 25.2 Å². The number of rotatable bonds is 12. The summed E-state index contributed by atoms with van der Waals surface area (Å²) in [6.07, 6.45) is 2.16. The number of benzene rings is 2. The molecule has 0 atom stereocenters. The van der Waals surface area contributed by atoms with Crippen molar-refractivity contribution < 1.29 is 24.2 Å². The normalized spacial score (nSPS) is 10.6. The van der Waals surface area contributed by atoms with E-state index in [2.05, 4.69) is 5.10 Å². The topological polar surface area (TPSA) is 93.9 Å². The summed E-state index contributed by atoms with van der Waals surface area (Å²) < 4.78 is 11.9. The van der Waals surface area contributed by atoms with Crippen molar-refractivity contribution in [3.05, 3.63) is 77.5 Å². The van der Waals surface area contributed by atoms with Crippen LogP contribution in [0.2, 0.25) is 0 Å². The Morgan fingerprint density at radius 3 is 2.42 bits per heavy atom. The highest BCUT2D eigenvalue weighted by Crippen LogP contribution is 2.25. The fraction of sp³-hybridized carbons (Fsp3) is 0.320. The number of carboxylic acids is 1. The highest BCUT2D eigenvalue weighted by molar-refractivity contribution is 5.93. The number of anilines is 1. The SMILES string of the molecule is CCOC(=O)CCCN(Cc1ccccc1)c1c(C(=O)O)cnn1Cc1ccc(OC)cc1. The van der Waals surface area contributed by atoms with Crippen molar-refractivity contribution in [3.63, 3.8) is 0 Å². The van der Waals surface area contributed by atoms with Gasteiger partial charge in [-0.1, -0.05) is 42.5 Å². The van der Waals surface area contributed by atoms with Crippen LogP contribution in [0, 0.1) is 0 Å². The quantitative estimate of drug-likeness (QED) is 0.416. The fourth-order valence-corrected chi connectivity index (χ4v) is 3.59. The number of methoxy groups -OCH3 is 1. The van der Waals surface area contributed by atoms with Crippen LogP contribution in [0.4, 0.5) is 5.82 Å². The van der Waals surface area contributed by atoms with Gasteiger partial charge in [-0.2, -0.15) is 5.10 Å². The van der Waals surface area contributed by atoms with E-state index >= 15 is 0 Å². The van der Waals surface area contributed by atoms with Crippen LogP contribution < -0.4 is 9.64 Å². The van der Waals surface area contributed by atoms with Gasteiger partial charge in [0.15, 0.2) is 0 Å². The van der Waals surface area contributed by atoms with E-state index in [1.165, 1.54) is 6.20 Å². The van der Waals surface area contributed by atoms with E-state index in [0.717, 1.165) is 16.9 Å². The minimum atomic E-state index is -1.05. The van der Waals surface area contributed by atoms with Gasteiger partial charge in [0.2, 0.25) is 0 Å². The lowest BCUT2D eigenvalue weighted by Crippen LogP contribution is -2.29. The van der Waals surface area contributed by atoms with Crippen LogP contribution in [0.1, 0.15) is 41.3 Å². The molecule has 1 aromatic heterocycles. The van der Waals surface area contributed by atoms with Gasteiger partial charge in [0.05, 0.1) is 26.5 Å². The second-order valence-corrected chi connectivity index (χ2v) is 7.51. The zero-order chi connectivity index (χ0) is 23.6. The van der Waals surface area contributed by atoms with Crippen LogP contribution in [-0.2, 0) is 22.6 Å². The number of aromatic nitrogens is 2. The second kappa shape index (κ2) is 11.7. The van der Waals surface area contributed by atoms with E-state index in [4.69, 9.17) is 9.47 Å². The Kier molecular flexibility index (Phi) is 8.46. The largest absolute Gasteiger partial charge is 0.497 e. The lowest BCUT2D eigenvalue weighted by molar-refractivity contribution is -0.143. The highest BCUT2D eigenvalue weighted by atomic mass is 16.5. The van der Waals surface area contributed by atoms with Gasteiger partial charge in [-0.25, -0.2) is 9.48 Å². The summed E-state index contributed by atoms with van der Waals surface area (Å²) in [5.41, 5.74) is 2.11. The summed E-state index contributed by atoms with van der Waals surface area (Å²) in [7, 11) is 1.61. The Bertz CT molecular complexity index is 1050. The molecule has 2 aromatic carbocycles. The standard InChI is InChI=1S/C25H29N3O5/c1-3-33-23(29)10-7-15-27(17-19-8-5-4-6-9-19)24-22(25(30)31)16-26-28(24)18-20-11-13-21(32-2)14-12-20/h4-6,8-9,11-14,16H,3,7,10,15,17-18H2,1-2H3,(H,30,31). The molecule has 174 valence electrons. The summed E-state index contributed by atoms with van der Waals surface area (Å²) in [5.74, 6) is -0.0573. The first kappa shape index (κ1) is 23.8. The predicted octanol–water partition coefficient (Wildman–Crippen LogP) is 3.99. The molecule has 1 N–H and O–H groups in total. The van der Waals surface area contributed by atoms with Gasteiger partial charge in [0, 0.05) is 19.5 Å². The van der Waals surface area contributed by atoms with Crippen molar-refractivity contribution in [3.8, 4) is 5.75 Å². The van der Waals surface area contributed by atoms with E-state index in [1.54, 1.807) is 18.7 Å². The number of ether oxygens (including phenoxy) is 2. The van der Waals surface area contributed by atoms with E-state index in [0.29, 0.717) is 38.5 Å². The van der Waals surface area contributed by atoms with Crippen LogP contribution in [0.3, 0.4) is 0 Å². The van der Waals surface area contributed by atoms with Crippen molar-refractivity contribution in [2.45, 2.75) is 32.9 Å². The number of carboxylic acid groups (broad SMARTS) is 1. The monoisotopic (exact) mass is 451 g/mol. The zero-order valence-corrected chi connectivity index (χ0v) is 18.9. The van der Waals surface area contributed by atoms with E-state index in [1.807, 2.05) is 59.5 Å². The number of esters is 1. The summed E-state index contributed by atoms with van der Waals surface area (Å²) in [6.45, 7) is 3.47. The Morgan fingerprint density at radius 2 is 1.79 bits per heavy atom. The second-order valence-electron chi connectivity index (χ2n) is 7.51. The van der Waals surface area contributed by atoms with Gasteiger partial charge in [0.1, 0.15) is 17.1 Å². The van der Waals surface area contributed by atoms with Crippen LogP contribution in [-0.4, -0.2) is 47.1 Å². The fourth-order valence-electron chi connectivity index (χ4n) is 3.59. The summed E-state index contributed by atoms with van der Waals surface area (Å²) in [5, 5.41) is 14.2. The summed E-state index contributed by atoms with van der Waals surface area (Å²) >= 11 is 0. The average molecular weight is 452 g/mol. The van der Waals surface area contributed by atoms with Gasteiger partial charge in [0.25, 0.3) is 0 Å². The van der Waals surface area contributed by atoms with Gasteiger partial charge in [-0.15, -0.1) is 0 Å². The molecule has 0 unspecified atom stereocenters. The molecule has 0 saturated carbocycles. The Hall–Kier alpha value is -3.81. The van der Waals surface area contributed by atoms with Gasteiger partial charge in [-0.3, -0.25) is 4.79 Å². The minimum Gasteiger partial charge on any atom is -0.497 e. The molecule has 0 radical (unpaired) electrons. The maximum Gasteiger partial charge on any atom is 0.341 e. The molecule has 0 aliphatic heterocycles. The number of carbonyl (C=O) groups excluding carboxylic acids is 1. The number of carbonyl (C=O) groups is 2. The maximum atomic E-state index is 12.0. The third-order valence-corrected chi connectivity index (χ3v) is 5.16. The van der Waals surface area contributed by atoms with Crippen molar-refractivity contribution in [2.24, 2.45) is 0 Å². The van der Waals surface area contributed by atoms with Crippen molar-refractivity contribution >= 4 is 17.8 Å². The molecular formula is C25H29N3O5. The van der Waals surface area contributed by atoms with E-state index < -0.39 is 5.97 Å². The molecule has 0 fully saturated rings. The van der Waals surface area contributed by atoms with Crippen LogP contribution in [0.25, 0.3) is 0 Å². The molecule has 8 nitrogen and oxygen atoms in total. The molecule has 3 aromatic rings. The third kappa shape index (κ3) is 6.58.